The maximum atomic E-state index is 9.79. The lowest BCUT2D eigenvalue weighted by Gasteiger charge is -2.27. The van der Waals surface area contributed by atoms with E-state index in [2.05, 4.69) is 29.1 Å². The standard InChI is InChI=1S/C12H22N2OS/c1-5-11-13-10(8-16-11)7-14(6-2)9-12(3,4)15/h8,15H,5-7,9H2,1-4H3. The smallest absolute Gasteiger partial charge is 0.0926 e. The Kier molecular flexibility index (Phi) is 4.89. The number of nitrogens with zero attached hydrogens (tertiary/aromatic N) is 2. The van der Waals surface area contributed by atoms with Crippen LogP contribution in [0.15, 0.2) is 5.38 Å². The highest BCUT2D eigenvalue weighted by atomic mass is 32.1. The summed E-state index contributed by atoms with van der Waals surface area (Å²) >= 11 is 1.72. The highest BCUT2D eigenvalue weighted by molar-refractivity contribution is 7.09. The molecule has 0 saturated carbocycles. The van der Waals surface area contributed by atoms with Crippen molar-refractivity contribution in [1.29, 1.82) is 0 Å². The van der Waals surface area contributed by atoms with Crippen LogP contribution in [0.3, 0.4) is 0 Å². The van der Waals surface area contributed by atoms with Crippen molar-refractivity contribution in [3.05, 3.63) is 16.1 Å². The summed E-state index contributed by atoms with van der Waals surface area (Å²) in [6.45, 7) is 10.4. The number of aromatic nitrogens is 1. The first-order valence-electron chi connectivity index (χ1n) is 5.82. The quantitative estimate of drug-likeness (QED) is 0.831. The summed E-state index contributed by atoms with van der Waals surface area (Å²) in [6.07, 6.45) is 1.00. The van der Waals surface area contributed by atoms with E-state index < -0.39 is 5.60 Å². The minimum atomic E-state index is -0.639. The van der Waals surface area contributed by atoms with Gasteiger partial charge in [0.2, 0.25) is 0 Å². The van der Waals surface area contributed by atoms with E-state index in [4.69, 9.17) is 0 Å². The molecule has 0 amide bonds. The topological polar surface area (TPSA) is 36.4 Å². The van der Waals surface area contributed by atoms with Gasteiger partial charge in [-0.05, 0) is 26.8 Å². The fourth-order valence-electron chi connectivity index (χ4n) is 1.64. The van der Waals surface area contributed by atoms with Crippen molar-refractivity contribution >= 4 is 11.3 Å². The average Bonchev–Trinajstić information content (AvgIpc) is 2.62. The van der Waals surface area contributed by atoms with Crippen molar-refractivity contribution in [3.63, 3.8) is 0 Å². The van der Waals surface area contributed by atoms with E-state index in [0.717, 1.165) is 25.2 Å². The molecule has 0 aliphatic carbocycles. The lowest BCUT2D eigenvalue weighted by atomic mass is 10.1. The van der Waals surface area contributed by atoms with Crippen molar-refractivity contribution in [2.75, 3.05) is 13.1 Å². The molecule has 0 spiro atoms. The molecule has 16 heavy (non-hydrogen) atoms. The first-order chi connectivity index (χ1) is 7.44. The van der Waals surface area contributed by atoms with Crippen LogP contribution in [0.2, 0.25) is 0 Å². The number of rotatable bonds is 6. The van der Waals surface area contributed by atoms with Gasteiger partial charge >= 0.3 is 0 Å². The lowest BCUT2D eigenvalue weighted by molar-refractivity contribution is 0.0350. The number of hydrogen-bond donors (Lipinski definition) is 1. The van der Waals surface area contributed by atoms with E-state index in [-0.39, 0.29) is 0 Å². The highest BCUT2D eigenvalue weighted by Crippen LogP contribution is 2.14. The van der Waals surface area contributed by atoms with E-state index in [1.807, 2.05) is 13.8 Å². The Hall–Kier alpha value is -0.450. The van der Waals surface area contributed by atoms with Crippen molar-refractivity contribution < 1.29 is 5.11 Å². The van der Waals surface area contributed by atoms with E-state index >= 15 is 0 Å². The molecular weight excluding hydrogens is 220 g/mol. The number of hydrogen-bond acceptors (Lipinski definition) is 4. The fourth-order valence-corrected chi connectivity index (χ4v) is 2.38. The number of thiazole rings is 1. The van der Waals surface area contributed by atoms with Gasteiger partial charge in [0.15, 0.2) is 0 Å². The maximum absolute atomic E-state index is 9.79. The SMILES string of the molecule is CCc1nc(CN(CC)CC(C)(C)O)cs1. The van der Waals surface area contributed by atoms with Crippen LogP contribution < -0.4 is 0 Å². The third kappa shape index (κ3) is 4.60. The second-order valence-electron chi connectivity index (χ2n) is 4.70. The summed E-state index contributed by atoms with van der Waals surface area (Å²) in [7, 11) is 0. The van der Waals surface area contributed by atoms with E-state index in [1.54, 1.807) is 11.3 Å². The van der Waals surface area contributed by atoms with Crippen LogP contribution in [0.4, 0.5) is 0 Å². The highest BCUT2D eigenvalue weighted by Gasteiger charge is 2.17. The summed E-state index contributed by atoms with van der Waals surface area (Å²) in [5.74, 6) is 0. The van der Waals surface area contributed by atoms with Crippen molar-refractivity contribution in [3.8, 4) is 0 Å². The zero-order valence-electron chi connectivity index (χ0n) is 10.7. The molecule has 4 heteroatoms. The normalized spacial score (nSPS) is 12.4. The third-order valence-electron chi connectivity index (χ3n) is 2.35. The third-order valence-corrected chi connectivity index (χ3v) is 3.39. The predicted octanol–water partition coefficient (Wildman–Crippen LogP) is 2.30. The van der Waals surface area contributed by atoms with E-state index in [0.29, 0.717) is 6.54 Å². The summed E-state index contributed by atoms with van der Waals surface area (Å²) in [5, 5.41) is 13.1. The zero-order chi connectivity index (χ0) is 12.2. The lowest BCUT2D eigenvalue weighted by Crippen LogP contribution is -2.38. The Bertz CT molecular complexity index is 317. The van der Waals surface area contributed by atoms with Crippen LogP contribution in [0.1, 0.15) is 38.4 Å². The molecule has 1 heterocycles. The molecule has 0 radical (unpaired) electrons. The monoisotopic (exact) mass is 242 g/mol. The van der Waals surface area contributed by atoms with Crippen molar-refractivity contribution in [2.45, 2.75) is 46.3 Å². The van der Waals surface area contributed by atoms with Gasteiger partial charge in [0.05, 0.1) is 16.3 Å². The Morgan fingerprint density at radius 1 is 1.44 bits per heavy atom. The molecule has 1 rings (SSSR count). The Morgan fingerprint density at radius 2 is 2.12 bits per heavy atom. The molecule has 0 fully saturated rings. The summed E-state index contributed by atoms with van der Waals surface area (Å²) in [4.78, 5) is 6.76. The molecule has 0 aliphatic rings. The maximum Gasteiger partial charge on any atom is 0.0926 e. The van der Waals surface area contributed by atoms with E-state index in [9.17, 15) is 5.11 Å². The molecule has 3 nitrogen and oxygen atoms in total. The minimum absolute atomic E-state index is 0.639. The molecule has 0 aromatic carbocycles. The predicted molar refractivity (Wildman–Crippen MR) is 68.7 cm³/mol. The second kappa shape index (κ2) is 5.75. The van der Waals surface area contributed by atoms with Crippen molar-refractivity contribution in [2.24, 2.45) is 0 Å². The van der Waals surface area contributed by atoms with E-state index in [1.165, 1.54) is 5.01 Å². The molecular formula is C12H22N2OS. The Labute approximate surface area is 102 Å². The minimum Gasteiger partial charge on any atom is -0.389 e. The van der Waals surface area contributed by atoms with Gasteiger partial charge in [-0.2, -0.15) is 0 Å². The molecule has 0 aliphatic heterocycles. The number of likely N-dealkylation sites (N-methyl/N-ethyl adjacent to an activating group) is 1. The Balaban J connectivity index is 2.56. The first kappa shape index (κ1) is 13.6. The molecule has 1 N–H and O–H groups in total. The summed E-state index contributed by atoms with van der Waals surface area (Å²) in [6, 6.07) is 0. The van der Waals surface area contributed by atoms with Gasteiger partial charge in [-0.3, -0.25) is 4.90 Å². The number of aliphatic hydroxyl groups is 1. The fraction of sp³-hybridized carbons (Fsp3) is 0.750. The van der Waals surface area contributed by atoms with Gasteiger partial charge < -0.3 is 5.11 Å². The number of aryl methyl sites for hydroxylation is 1. The largest absolute Gasteiger partial charge is 0.389 e. The van der Waals surface area contributed by atoms with Gasteiger partial charge in [0, 0.05) is 18.5 Å². The van der Waals surface area contributed by atoms with Crippen LogP contribution in [0.5, 0.6) is 0 Å². The van der Waals surface area contributed by atoms with Crippen LogP contribution in [-0.2, 0) is 13.0 Å². The molecule has 92 valence electrons. The summed E-state index contributed by atoms with van der Waals surface area (Å²) in [5.41, 5.74) is 0.479. The molecule has 0 bridgehead atoms. The van der Waals surface area contributed by atoms with Crippen LogP contribution in [-0.4, -0.2) is 33.7 Å². The molecule has 0 unspecified atom stereocenters. The molecule has 1 aromatic heterocycles. The van der Waals surface area contributed by atoms with Crippen LogP contribution >= 0.6 is 11.3 Å². The second-order valence-corrected chi connectivity index (χ2v) is 5.64. The van der Waals surface area contributed by atoms with Crippen molar-refractivity contribution in [1.82, 2.24) is 9.88 Å². The van der Waals surface area contributed by atoms with Gasteiger partial charge in [-0.15, -0.1) is 11.3 Å². The average molecular weight is 242 g/mol. The van der Waals surface area contributed by atoms with Crippen LogP contribution in [0, 0.1) is 0 Å². The molecule has 0 atom stereocenters. The van der Waals surface area contributed by atoms with Gasteiger partial charge in [0.1, 0.15) is 0 Å². The Morgan fingerprint density at radius 3 is 2.56 bits per heavy atom. The zero-order valence-corrected chi connectivity index (χ0v) is 11.5. The van der Waals surface area contributed by atoms with Gasteiger partial charge in [0.25, 0.3) is 0 Å². The molecule has 1 aromatic rings. The first-order valence-corrected chi connectivity index (χ1v) is 6.70. The molecule has 0 saturated heterocycles. The summed E-state index contributed by atoms with van der Waals surface area (Å²) < 4.78 is 0. The van der Waals surface area contributed by atoms with Gasteiger partial charge in [-0.25, -0.2) is 4.98 Å². The van der Waals surface area contributed by atoms with Gasteiger partial charge in [-0.1, -0.05) is 13.8 Å². The van der Waals surface area contributed by atoms with Crippen LogP contribution in [0.25, 0.3) is 0 Å².